The number of ketones is 1. The number of carbonyl (C=O) groups is 2. The van der Waals surface area contributed by atoms with Crippen molar-refractivity contribution in [2.24, 2.45) is 5.92 Å². The first-order valence-corrected chi connectivity index (χ1v) is 5.06. The van der Waals surface area contributed by atoms with E-state index in [9.17, 15) is 9.59 Å². The van der Waals surface area contributed by atoms with Gasteiger partial charge >= 0.3 is 5.97 Å². The Bertz CT molecular complexity index is 234. The van der Waals surface area contributed by atoms with Gasteiger partial charge in [0, 0.05) is 19.0 Å². The summed E-state index contributed by atoms with van der Waals surface area (Å²) in [7, 11) is 2.92. The molecular weight excluding hydrogens is 210 g/mol. The minimum Gasteiger partial charge on any atom is -0.469 e. The highest BCUT2D eigenvalue weighted by Gasteiger charge is 2.26. The first-order valence-electron chi connectivity index (χ1n) is 5.06. The number of carbonyl (C=O) groups excluding carboxylic acids is 2. The van der Waals surface area contributed by atoms with E-state index in [0.29, 0.717) is 0 Å². The SMILES string of the molecule is C.COC(=O)CC(=O)C1CCN(OC)CC1. The molecule has 16 heavy (non-hydrogen) atoms. The van der Waals surface area contributed by atoms with E-state index in [2.05, 4.69) is 4.74 Å². The summed E-state index contributed by atoms with van der Waals surface area (Å²) in [4.78, 5) is 27.6. The number of hydroxylamine groups is 2. The van der Waals surface area contributed by atoms with Crippen LogP contribution < -0.4 is 0 Å². The monoisotopic (exact) mass is 231 g/mol. The first-order chi connectivity index (χ1) is 7.17. The summed E-state index contributed by atoms with van der Waals surface area (Å²) in [5, 5.41) is 1.82. The molecule has 0 aromatic carbocycles. The Morgan fingerprint density at radius 2 is 1.81 bits per heavy atom. The van der Waals surface area contributed by atoms with Crippen molar-refractivity contribution in [1.29, 1.82) is 0 Å². The average molecular weight is 231 g/mol. The molecule has 0 aromatic rings. The summed E-state index contributed by atoms with van der Waals surface area (Å²) in [6, 6.07) is 0. The molecule has 1 aliphatic rings. The van der Waals surface area contributed by atoms with E-state index < -0.39 is 5.97 Å². The van der Waals surface area contributed by atoms with Crippen molar-refractivity contribution in [2.75, 3.05) is 27.3 Å². The zero-order chi connectivity index (χ0) is 11.3. The third-order valence-corrected chi connectivity index (χ3v) is 2.71. The fourth-order valence-corrected chi connectivity index (χ4v) is 1.72. The van der Waals surface area contributed by atoms with Gasteiger partial charge in [0.25, 0.3) is 0 Å². The van der Waals surface area contributed by atoms with E-state index in [-0.39, 0.29) is 25.5 Å². The Labute approximate surface area is 96.7 Å². The predicted octanol–water partition coefficient (Wildman–Crippen LogP) is 1.03. The predicted molar refractivity (Wildman–Crippen MR) is 59.7 cm³/mol. The van der Waals surface area contributed by atoms with E-state index in [1.165, 1.54) is 7.11 Å². The van der Waals surface area contributed by atoms with Gasteiger partial charge in [-0.3, -0.25) is 9.59 Å². The van der Waals surface area contributed by atoms with Crippen LogP contribution in [0.25, 0.3) is 0 Å². The van der Waals surface area contributed by atoms with Gasteiger partial charge in [0.05, 0.1) is 14.2 Å². The summed E-state index contributed by atoms with van der Waals surface area (Å²) in [5.41, 5.74) is 0. The van der Waals surface area contributed by atoms with Crippen LogP contribution in [0.3, 0.4) is 0 Å². The van der Waals surface area contributed by atoms with Crippen molar-refractivity contribution in [3.8, 4) is 0 Å². The zero-order valence-corrected chi connectivity index (χ0v) is 9.19. The molecule has 0 aliphatic carbocycles. The van der Waals surface area contributed by atoms with Gasteiger partial charge < -0.3 is 9.57 Å². The molecule has 5 heteroatoms. The maximum atomic E-state index is 11.6. The molecule has 1 rings (SSSR count). The quantitative estimate of drug-likeness (QED) is 0.534. The molecule has 0 saturated carbocycles. The maximum absolute atomic E-state index is 11.6. The first kappa shape index (κ1) is 15.1. The lowest BCUT2D eigenvalue weighted by Crippen LogP contribution is -2.36. The second kappa shape index (κ2) is 7.35. The van der Waals surface area contributed by atoms with Crippen LogP contribution in [0, 0.1) is 5.92 Å². The van der Waals surface area contributed by atoms with Crippen LogP contribution >= 0.6 is 0 Å². The fourth-order valence-electron chi connectivity index (χ4n) is 1.72. The fraction of sp³-hybridized carbons (Fsp3) is 0.818. The second-order valence-corrected chi connectivity index (χ2v) is 3.61. The van der Waals surface area contributed by atoms with Gasteiger partial charge in [0.2, 0.25) is 0 Å². The summed E-state index contributed by atoms with van der Waals surface area (Å²) in [5.74, 6) is -0.484. The highest BCUT2D eigenvalue weighted by molar-refractivity contribution is 5.96. The smallest absolute Gasteiger partial charge is 0.313 e. The van der Waals surface area contributed by atoms with Crippen molar-refractivity contribution < 1.29 is 19.2 Å². The van der Waals surface area contributed by atoms with Gasteiger partial charge in [0.1, 0.15) is 12.2 Å². The van der Waals surface area contributed by atoms with Gasteiger partial charge in [-0.05, 0) is 12.8 Å². The molecule has 0 bridgehead atoms. The molecule has 0 atom stereocenters. The minimum atomic E-state index is -0.450. The lowest BCUT2D eigenvalue weighted by molar-refractivity contribution is -0.155. The van der Waals surface area contributed by atoms with E-state index >= 15 is 0 Å². The molecule has 1 aliphatic heterocycles. The van der Waals surface area contributed by atoms with Crippen LogP contribution in [-0.4, -0.2) is 44.1 Å². The number of Topliss-reactive ketones (excluding diaryl/α,β-unsaturated/α-hetero) is 1. The minimum absolute atomic E-state index is 0. The highest BCUT2D eigenvalue weighted by Crippen LogP contribution is 2.19. The van der Waals surface area contributed by atoms with Gasteiger partial charge in [-0.15, -0.1) is 0 Å². The van der Waals surface area contributed by atoms with Crippen LogP contribution in [-0.2, 0) is 19.2 Å². The molecule has 5 nitrogen and oxygen atoms in total. The Balaban J connectivity index is 0.00000225. The normalized spacial score (nSPS) is 17.6. The van der Waals surface area contributed by atoms with Gasteiger partial charge in [-0.2, -0.15) is 5.06 Å². The third kappa shape index (κ3) is 4.28. The molecule has 1 fully saturated rings. The molecule has 0 radical (unpaired) electrons. The van der Waals surface area contributed by atoms with E-state index in [4.69, 9.17) is 4.84 Å². The van der Waals surface area contributed by atoms with E-state index in [1.54, 1.807) is 7.11 Å². The molecule has 0 unspecified atom stereocenters. The maximum Gasteiger partial charge on any atom is 0.313 e. The standard InChI is InChI=1S/C10H17NO4.CH4/c1-14-10(13)7-9(12)8-3-5-11(15-2)6-4-8;/h8H,3-7H2,1-2H3;1H4. The van der Waals surface area contributed by atoms with Gasteiger partial charge in [0.15, 0.2) is 0 Å². The number of methoxy groups -OCH3 is 1. The molecule has 0 spiro atoms. The van der Waals surface area contributed by atoms with Crippen molar-refractivity contribution in [3.05, 3.63) is 0 Å². The molecule has 94 valence electrons. The zero-order valence-electron chi connectivity index (χ0n) is 9.19. The van der Waals surface area contributed by atoms with Crippen LogP contribution in [0.4, 0.5) is 0 Å². The summed E-state index contributed by atoms with van der Waals surface area (Å²) in [6.45, 7) is 1.49. The molecule has 0 aromatic heterocycles. The van der Waals surface area contributed by atoms with Crippen LogP contribution in [0.1, 0.15) is 26.7 Å². The Morgan fingerprint density at radius 1 is 1.25 bits per heavy atom. The van der Waals surface area contributed by atoms with Crippen LogP contribution in [0.2, 0.25) is 0 Å². The number of esters is 1. The van der Waals surface area contributed by atoms with Crippen LogP contribution in [0.15, 0.2) is 0 Å². The molecule has 1 heterocycles. The Kier molecular flexibility index (Phi) is 6.92. The van der Waals surface area contributed by atoms with Crippen molar-refractivity contribution in [3.63, 3.8) is 0 Å². The molecule has 0 N–H and O–H groups in total. The molecule has 0 amide bonds. The Hall–Kier alpha value is -0.940. The number of ether oxygens (including phenoxy) is 1. The molecule has 1 saturated heterocycles. The lowest BCUT2D eigenvalue weighted by atomic mass is 9.92. The largest absolute Gasteiger partial charge is 0.469 e. The van der Waals surface area contributed by atoms with Gasteiger partial charge in [-0.25, -0.2) is 0 Å². The number of rotatable bonds is 4. The highest BCUT2D eigenvalue weighted by atomic mass is 16.7. The van der Waals surface area contributed by atoms with Crippen molar-refractivity contribution in [2.45, 2.75) is 26.7 Å². The number of piperidine rings is 1. The lowest BCUT2D eigenvalue weighted by Gasteiger charge is -2.28. The summed E-state index contributed by atoms with van der Waals surface area (Å²) >= 11 is 0. The van der Waals surface area contributed by atoms with Gasteiger partial charge in [-0.1, -0.05) is 7.43 Å². The molecular formula is C11H21NO4. The number of nitrogens with zero attached hydrogens (tertiary/aromatic N) is 1. The van der Waals surface area contributed by atoms with Crippen molar-refractivity contribution >= 4 is 11.8 Å². The second-order valence-electron chi connectivity index (χ2n) is 3.61. The summed E-state index contributed by atoms with van der Waals surface area (Å²) < 4.78 is 4.46. The number of hydrogen-bond acceptors (Lipinski definition) is 5. The topological polar surface area (TPSA) is 55.8 Å². The van der Waals surface area contributed by atoms with Crippen LogP contribution in [0.5, 0.6) is 0 Å². The van der Waals surface area contributed by atoms with Crippen molar-refractivity contribution in [1.82, 2.24) is 5.06 Å². The van der Waals surface area contributed by atoms with E-state index in [1.807, 2.05) is 5.06 Å². The third-order valence-electron chi connectivity index (χ3n) is 2.71. The number of hydrogen-bond donors (Lipinski definition) is 0. The van der Waals surface area contributed by atoms with E-state index in [0.717, 1.165) is 25.9 Å². The average Bonchev–Trinajstić information content (AvgIpc) is 2.29. The summed E-state index contributed by atoms with van der Waals surface area (Å²) in [6.07, 6.45) is 1.40. The Morgan fingerprint density at radius 3 is 2.25 bits per heavy atom.